The summed E-state index contributed by atoms with van der Waals surface area (Å²) < 4.78 is 27.6. The van der Waals surface area contributed by atoms with Crippen LogP contribution in [0.3, 0.4) is 0 Å². The summed E-state index contributed by atoms with van der Waals surface area (Å²) in [6.45, 7) is 15.0. The van der Waals surface area contributed by atoms with Crippen LogP contribution in [0.2, 0.25) is 0 Å². The average Bonchev–Trinajstić information content (AvgIpc) is 3.05. The molecule has 0 heterocycles. The van der Waals surface area contributed by atoms with Gasteiger partial charge in [0.15, 0.2) is 0 Å². The molecule has 3 rings (SSSR count). The van der Waals surface area contributed by atoms with E-state index < -0.39 is 44.9 Å². The molecule has 3 aromatic carbocycles. The van der Waals surface area contributed by atoms with Crippen molar-refractivity contribution >= 4 is 27.7 Å². The minimum Gasteiger partial charge on any atom is -0.342 e. The largest absolute Gasteiger partial charge is 0.342 e. The maximum atomic E-state index is 14.2. The fourth-order valence-electron chi connectivity index (χ4n) is 6.07. The summed E-state index contributed by atoms with van der Waals surface area (Å²) in [5.74, 6) is -1.88. The second kappa shape index (κ2) is 16.6. The molecule has 0 saturated carbocycles. The Kier molecular flexibility index (Phi) is 13.3. The van der Waals surface area contributed by atoms with Crippen LogP contribution in [0.1, 0.15) is 66.5 Å². The molecule has 3 amide bonds. The highest BCUT2D eigenvalue weighted by atomic mass is 32.2. The van der Waals surface area contributed by atoms with Crippen LogP contribution in [0.4, 0.5) is 0 Å². The van der Waals surface area contributed by atoms with Crippen molar-refractivity contribution in [2.45, 2.75) is 84.7 Å². The number of likely N-dealkylation sites (N-methyl/N-ethyl adjacent to an activating group) is 2. The fraction of sp³-hybridized carbons (Fsp3) is 0.425. The van der Waals surface area contributed by atoms with Gasteiger partial charge in [-0.15, -0.1) is 0 Å². The van der Waals surface area contributed by atoms with E-state index in [0.717, 1.165) is 16.7 Å². The standard InChI is InChI=1S/C40H54N4O5S/c1-27(2)33(25-28(3)36(45)43-50(48,49)26-29-17-13-11-14-18-29)44(10)38(47)35(39(4,5)6)42-37(46)34(41-9)40(7,8)32-23-21-31(22-24-32)30-19-15-12-16-20-30/h11-25,27,33-35,41H,26H2,1-10H3,(H,42,46)(H,43,45). The van der Waals surface area contributed by atoms with E-state index in [-0.39, 0.29) is 29.1 Å². The Morgan fingerprint density at radius 3 is 1.82 bits per heavy atom. The van der Waals surface area contributed by atoms with Crippen molar-refractivity contribution in [2.24, 2.45) is 11.3 Å². The van der Waals surface area contributed by atoms with Crippen molar-refractivity contribution < 1.29 is 22.8 Å². The third-order valence-corrected chi connectivity index (χ3v) is 10.3. The SMILES string of the molecule is CNC(C(=O)NC(C(=O)N(C)C(C=C(C)C(=O)NS(=O)(=O)Cc1ccccc1)C(C)C)C(C)(C)C)C(C)(C)c1ccc(-c2ccccc2)cc1. The Hall–Kier alpha value is -4.28. The molecule has 0 aliphatic carbocycles. The number of carbonyl (C=O) groups excluding carboxylic acids is 3. The molecule has 0 aliphatic rings. The third-order valence-electron chi connectivity index (χ3n) is 9.11. The van der Waals surface area contributed by atoms with Gasteiger partial charge >= 0.3 is 0 Å². The molecule has 0 aliphatic heterocycles. The first-order valence-electron chi connectivity index (χ1n) is 17.0. The summed E-state index contributed by atoms with van der Waals surface area (Å²) in [6, 6.07) is 24.7. The maximum absolute atomic E-state index is 14.2. The predicted octanol–water partition coefficient (Wildman–Crippen LogP) is 5.83. The van der Waals surface area contributed by atoms with Gasteiger partial charge in [-0.3, -0.25) is 14.4 Å². The minimum absolute atomic E-state index is 0.133. The summed E-state index contributed by atoms with van der Waals surface area (Å²) in [5.41, 5.74) is 2.56. The Balaban J connectivity index is 1.81. The number of amides is 3. The maximum Gasteiger partial charge on any atom is 0.260 e. The Morgan fingerprint density at radius 1 is 0.800 bits per heavy atom. The average molecular weight is 703 g/mol. The zero-order valence-corrected chi connectivity index (χ0v) is 31.9. The van der Waals surface area contributed by atoms with Crippen LogP contribution < -0.4 is 15.4 Å². The molecular formula is C40H54N4O5S. The summed E-state index contributed by atoms with van der Waals surface area (Å²) in [5, 5.41) is 6.24. The number of rotatable bonds is 14. The molecule has 270 valence electrons. The number of carbonyl (C=O) groups is 3. The van der Waals surface area contributed by atoms with Crippen molar-refractivity contribution in [1.29, 1.82) is 0 Å². The molecule has 50 heavy (non-hydrogen) atoms. The van der Waals surface area contributed by atoms with Gasteiger partial charge in [-0.25, -0.2) is 13.1 Å². The molecule has 3 aromatic rings. The zero-order valence-electron chi connectivity index (χ0n) is 31.1. The van der Waals surface area contributed by atoms with E-state index in [1.165, 1.54) is 11.8 Å². The Morgan fingerprint density at radius 2 is 1.32 bits per heavy atom. The molecule has 0 aromatic heterocycles. The van der Waals surface area contributed by atoms with Crippen molar-refractivity contribution in [1.82, 2.24) is 20.3 Å². The van der Waals surface area contributed by atoms with Gasteiger partial charge in [0.1, 0.15) is 6.04 Å². The molecule has 3 unspecified atom stereocenters. The highest BCUT2D eigenvalue weighted by Gasteiger charge is 2.41. The highest BCUT2D eigenvalue weighted by Crippen LogP contribution is 2.31. The smallest absolute Gasteiger partial charge is 0.260 e. The van der Waals surface area contributed by atoms with Crippen LogP contribution in [-0.4, -0.2) is 63.3 Å². The molecule has 9 nitrogen and oxygen atoms in total. The summed E-state index contributed by atoms with van der Waals surface area (Å²) in [6.07, 6.45) is 1.61. The molecular weight excluding hydrogens is 649 g/mol. The first-order valence-corrected chi connectivity index (χ1v) is 18.6. The first kappa shape index (κ1) is 40.2. The topological polar surface area (TPSA) is 125 Å². The third kappa shape index (κ3) is 10.4. The number of nitrogens with one attached hydrogen (secondary N) is 3. The molecule has 3 N–H and O–H groups in total. The highest BCUT2D eigenvalue weighted by molar-refractivity contribution is 7.89. The lowest BCUT2D eigenvalue weighted by molar-refractivity contribution is -0.140. The van der Waals surface area contributed by atoms with Gasteiger partial charge in [0.05, 0.1) is 17.8 Å². The van der Waals surface area contributed by atoms with Gasteiger partial charge in [-0.2, -0.15) is 0 Å². The van der Waals surface area contributed by atoms with E-state index in [4.69, 9.17) is 0 Å². The van der Waals surface area contributed by atoms with Crippen LogP contribution in [0.5, 0.6) is 0 Å². The molecule has 0 saturated heterocycles. The number of hydrogen-bond acceptors (Lipinski definition) is 6. The lowest BCUT2D eigenvalue weighted by Gasteiger charge is -2.40. The van der Waals surface area contributed by atoms with Crippen LogP contribution >= 0.6 is 0 Å². The van der Waals surface area contributed by atoms with E-state index in [9.17, 15) is 22.8 Å². The molecule has 0 spiro atoms. The Bertz CT molecular complexity index is 1750. The van der Waals surface area contributed by atoms with Crippen molar-refractivity contribution in [2.75, 3.05) is 14.1 Å². The number of nitrogens with zero attached hydrogens (tertiary/aromatic N) is 1. The monoisotopic (exact) mass is 702 g/mol. The number of sulfonamides is 1. The fourth-order valence-corrected chi connectivity index (χ4v) is 7.22. The van der Waals surface area contributed by atoms with Crippen LogP contribution in [0.15, 0.2) is 96.6 Å². The first-order chi connectivity index (χ1) is 23.3. The lowest BCUT2D eigenvalue weighted by atomic mass is 9.76. The molecule has 0 fully saturated rings. The van der Waals surface area contributed by atoms with Crippen molar-refractivity contribution in [3.63, 3.8) is 0 Å². The summed E-state index contributed by atoms with van der Waals surface area (Å²) in [7, 11) is -0.578. The molecule has 0 radical (unpaired) electrons. The van der Waals surface area contributed by atoms with E-state index in [2.05, 4.69) is 27.5 Å². The van der Waals surface area contributed by atoms with Gasteiger partial charge in [0.2, 0.25) is 21.8 Å². The van der Waals surface area contributed by atoms with Crippen molar-refractivity contribution in [3.05, 3.63) is 108 Å². The minimum atomic E-state index is -3.95. The van der Waals surface area contributed by atoms with Crippen LogP contribution in [0, 0.1) is 11.3 Å². The van der Waals surface area contributed by atoms with Crippen molar-refractivity contribution in [3.8, 4) is 11.1 Å². The predicted molar refractivity (Wildman–Crippen MR) is 201 cm³/mol. The zero-order chi connectivity index (χ0) is 37.4. The number of benzene rings is 3. The quantitative estimate of drug-likeness (QED) is 0.182. The molecule has 0 bridgehead atoms. The number of hydrogen-bond donors (Lipinski definition) is 3. The molecule has 10 heteroatoms. The van der Waals surface area contributed by atoms with Gasteiger partial charge in [0.25, 0.3) is 5.91 Å². The van der Waals surface area contributed by atoms with Crippen LogP contribution in [-0.2, 0) is 35.6 Å². The second-order valence-electron chi connectivity index (χ2n) is 14.9. The Labute approximate surface area is 299 Å². The summed E-state index contributed by atoms with van der Waals surface area (Å²) >= 11 is 0. The van der Waals surface area contributed by atoms with Gasteiger partial charge in [-0.05, 0) is 47.6 Å². The van der Waals surface area contributed by atoms with Crippen LogP contribution in [0.25, 0.3) is 11.1 Å². The normalized spacial score (nSPS) is 14.4. The second-order valence-corrected chi connectivity index (χ2v) is 16.6. The van der Waals surface area contributed by atoms with E-state index in [1.807, 2.05) is 90.9 Å². The van der Waals surface area contributed by atoms with E-state index >= 15 is 0 Å². The molecule has 3 atom stereocenters. The van der Waals surface area contributed by atoms with E-state index in [0.29, 0.717) is 5.56 Å². The lowest BCUT2D eigenvalue weighted by Crippen LogP contribution is -2.61. The van der Waals surface area contributed by atoms with E-state index in [1.54, 1.807) is 50.5 Å². The van der Waals surface area contributed by atoms with Gasteiger partial charge < -0.3 is 15.5 Å². The summed E-state index contributed by atoms with van der Waals surface area (Å²) in [4.78, 5) is 42.8. The van der Waals surface area contributed by atoms with Gasteiger partial charge in [0, 0.05) is 18.0 Å². The van der Waals surface area contributed by atoms with Gasteiger partial charge in [-0.1, -0.05) is 139 Å².